The molecule has 0 spiro atoms. The molecule has 1 rings (SSSR count). The number of aromatic nitrogens is 2. The number of hydrogen-bond acceptors (Lipinski definition) is 2. The summed E-state index contributed by atoms with van der Waals surface area (Å²) < 4.78 is 1.87. The van der Waals surface area contributed by atoms with E-state index >= 15 is 0 Å². The molecule has 0 amide bonds. The molecular formula is C9H13N3. The maximum Gasteiger partial charge on any atom is 0.201 e. The second-order valence-corrected chi connectivity index (χ2v) is 2.70. The van der Waals surface area contributed by atoms with E-state index in [0.717, 1.165) is 24.4 Å². The fraction of sp³-hybridized carbons (Fsp3) is 0.444. The van der Waals surface area contributed by atoms with Crippen LogP contribution in [0, 0.1) is 19.3 Å². The third kappa shape index (κ3) is 1.28. The Labute approximate surface area is 72.6 Å². The van der Waals surface area contributed by atoms with Gasteiger partial charge in [0.25, 0.3) is 0 Å². The molecule has 2 N–H and O–H groups in total. The summed E-state index contributed by atoms with van der Waals surface area (Å²) in [6.07, 6.45) is 6.34. The van der Waals surface area contributed by atoms with Gasteiger partial charge >= 0.3 is 0 Å². The Morgan fingerprint density at radius 2 is 2.33 bits per heavy atom. The first kappa shape index (κ1) is 8.66. The Kier molecular flexibility index (Phi) is 2.39. The lowest BCUT2D eigenvalue weighted by Gasteiger charge is -2.03. The van der Waals surface area contributed by atoms with Gasteiger partial charge < -0.3 is 10.3 Å². The largest absolute Gasteiger partial charge is 0.369 e. The van der Waals surface area contributed by atoms with Gasteiger partial charge in [-0.25, -0.2) is 4.98 Å². The van der Waals surface area contributed by atoms with Crippen molar-refractivity contribution in [2.45, 2.75) is 26.8 Å². The number of imidazole rings is 1. The van der Waals surface area contributed by atoms with Crippen molar-refractivity contribution >= 4 is 5.95 Å². The smallest absolute Gasteiger partial charge is 0.201 e. The number of nitrogen functional groups attached to an aromatic ring is 1. The van der Waals surface area contributed by atoms with Crippen molar-refractivity contribution in [1.82, 2.24) is 9.55 Å². The highest BCUT2D eigenvalue weighted by atomic mass is 15.2. The van der Waals surface area contributed by atoms with Crippen LogP contribution in [0.1, 0.15) is 24.7 Å². The van der Waals surface area contributed by atoms with Crippen LogP contribution in [-0.2, 0) is 6.54 Å². The summed E-state index contributed by atoms with van der Waals surface area (Å²) in [6.45, 7) is 4.79. The van der Waals surface area contributed by atoms with Crippen LogP contribution in [-0.4, -0.2) is 9.55 Å². The van der Waals surface area contributed by atoms with Gasteiger partial charge in [-0.3, -0.25) is 0 Å². The van der Waals surface area contributed by atoms with Crippen molar-refractivity contribution in [2.75, 3.05) is 5.73 Å². The predicted molar refractivity (Wildman–Crippen MR) is 49.6 cm³/mol. The summed E-state index contributed by atoms with van der Waals surface area (Å²) >= 11 is 0. The number of rotatable bonds is 2. The van der Waals surface area contributed by atoms with Crippen LogP contribution < -0.4 is 5.73 Å². The fourth-order valence-corrected chi connectivity index (χ4v) is 1.23. The molecule has 1 heterocycles. The molecule has 0 unspecified atom stereocenters. The van der Waals surface area contributed by atoms with Gasteiger partial charge in [0.05, 0.1) is 5.69 Å². The molecule has 0 aromatic carbocycles. The lowest BCUT2D eigenvalue weighted by Crippen LogP contribution is -2.04. The van der Waals surface area contributed by atoms with Crippen LogP contribution in [0.25, 0.3) is 0 Å². The molecule has 12 heavy (non-hydrogen) atoms. The third-order valence-corrected chi connectivity index (χ3v) is 1.76. The van der Waals surface area contributed by atoms with Crippen LogP contribution in [0.5, 0.6) is 0 Å². The molecule has 0 fully saturated rings. The number of nitrogens with two attached hydrogens (primary N) is 1. The minimum absolute atomic E-state index is 0.516. The van der Waals surface area contributed by atoms with Crippen LogP contribution >= 0.6 is 0 Å². The fourth-order valence-electron chi connectivity index (χ4n) is 1.23. The zero-order valence-electron chi connectivity index (χ0n) is 7.46. The quantitative estimate of drug-likeness (QED) is 0.665. The van der Waals surface area contributed by atoms with E-state index in [9.17, 15) is 0 Å². The molecule has 0 saturated heterocycles. The van der Waals surface area contributed by atoms with Gasteiger partial charge in [-0.15, -0.1) is 6.42 Å². The zero-order valence-corrected chi connectivity index (χ0v) is 7.46. The molecular weight excluding hydrogens is 150 g/mol. The highest BCUT2D eigenvalue weighted by molar-refractivity contribution is 5.38. The van der Waals surface area contributed by atoms with Crippen molar-refractivity contribution in [2.24, 2.45) is 0 Å². The van der Waals surface area contributed by atoms with E-state index < -0.39 is 0 Å². The van der Waals surface area contributed by atoms with Gasteiger partial charge in [0, 0.05) is 6.54 Å². The van der Waals surface area contributed by atoms with E-state index in [2.05, 4.69) is 17.8 Å². The van der Waals surface area contributed by atoms with Gasteiger partial charge in [0.1, 0.15) is 5.69 Å². The zero-order chi connectivity index (χ0) is 9.14. The molecule has 0 atom stereocenters. The number of anilines is 1. The third-order valence-electron chi connectivity index (χ3n) is 1.76. The molecule has 0 aliphatic heterocycles. The number of aryl methyl sites for hydroxylation is 1. The maximum absolute atomic E-state index is 5.66. The van der Waals surface area contributed by atoms with Gasteiger partial charge in [0.15, 0.2) is 0 Å². The summed E-state index contributed by atoms with van der Waals surface area (Å²) in [6, 6.07) is 0. The summed E-state index contributed by atoms with van der Waals surface area (Å²) in [4.78, 5) is 4.10. The number of nitrogens with zero attached hydrogens (tertiary/aromatic N) is 2. The van der Waals surface area contributed by atoms with Gasteiger partial charge in [-0.05, 0) is 13.3 Å². The van der Waals surface area contributed by atoms with E-state index in [4.69, 9.17) is 12.2 Å². The molecule has 64 valence electrons. The van der Waals surface area contributed by atoms with E-state index in [1.165, 1.54) is 0 Å². The lowest BCUT2D eigenvalue weighted by atomic mass is 10.3. The lowest BCUT2D eigenvalue weighted by molar-refractivity contribution is 0.681. The Morgan fingerprint density at radius 1 is 1.67 bits per heavy atom. The van der Waals surface area contributed by atoms with Crippen molar-refractivity contribution < 1.29 is 0 Å². The minimum Gasteiger partial charge on any atom is -0.369 e. The average Bonchev–Trinajstić information content (AvgIpc) is 2.28. The molecule has 3 heteroatoms. The van der Waals surface area contributed by atoms with Crippen molar-refractivity contribution in [3.8, 4) is 12.3 Å². The Morgan fingerprint density at radius 3 is 2.83 bits per heavy atom. The highest BCUT2D eigenvalue weighted by Gasteiger charge is 2.08. The summed E-state index contributed by atoms with van der Waals surface area (Å²) in [5, 5.41) is 0. The normalized spacial score (nSPS) is 9.75. The van der Waals surface area contributed by atoms with Crippen LogP contribution in [0.2, 0.25) is 0 Å². The molecule has 1 aromatic rings. The Hall–Kier alpha value is -1.43. The highest BCUT2D eigenvalue weighted by Crippen LogP contribution is 2.11. The Balaban J connectivity index is 3.16. The topological polar surface area (TPSA) is 43.8 Å². The Bertz CT molecular complexity index is 317. The minimum atomic E-state index is 0.516. The number of hydrogen-bond donors (Lipinski definition) is 1. The SMILES string of the molecule is C#Cc1c(C)nc(N)n1CCC. The van der Waals surface area contributed by atoms with E-state index in [1.54, 1.807) is 0 Å². The monoisotopic (exact) mass is 163 g/mol. The second-order valence-electron chi connectivity index (χ2n) is 2.70. The first-order valence-electron chi connectivity index (χ1n) is 4.00. The van der Waals surface area contributed by atoms with Crippen LogP contribution in [0.4, 0.5) is 5.95 Å². The standard InChI is InChI=1S/C9H13N3/c1-4-6-12-8(5-2)7(3)11-9(12)10/h2H,4,6H2,1,3H3,(H2,10,11). The average molecular weight is 163 g/mol. The molecule has 0 saturated carbocycles. The van der Waals surface area contributed by atoms with Crippen molar-refractivity contribution in [3.05, 3.63) is 11.4 Å². The summed E-state index contributed by atoms with van der Waals surface area (Å²) in [7, 11) is 0. The number of terminal acetylenes is 1. The maximum atomic E-state index is 5.66. The van der Waals surface area contributed by atoms with Crippen molar-refractivity contribution in [1.29, 1.82) is 0 Å². The summed E-state index contributed by atoms with van der Waals surface area (Å²) in [5.74, 6) is 3.11. The molecule has 3 nitrogen and oxygen atoms in total. The first-order chi connectivity index (χ1) is 5.70. The molecule has 0 aliphatic rings. The van der Waals surface area contributed by atoms with E-state index in [0.29, 0.717) is 5.95 Å². The van der Waals surface area contributed by atoms with Gasteiger partial charge in [-0.2, -0.15) is 0 Å². The molecule has 0 aliphatic carbocycles. The van der Waals surface area contributed by atoms with E-state index in [1.807, 2.05) is 11.5 Å². The first-order valence-corrected chi connectivity index (χ1v) is 4.00. The van der Waals surface area contributed by atoms with Gasteiger partial charge in [0.2, 0.25) is 5.95 Å². The molecule has 1 aromatic heterocycles. The van der Waals surface area contributed by atoms with Crippen LogP contribution in [0.15, 0.2) is 0 Å². The van der Waals surface area contributed by atoms with Crippen molar-refractivity contribution in [3.63, 3.8) is 0 Å². The van der Waals surface area contributed by atoms with E-state index in [-0.39, 0.29) is 0 Å². The summed E-state index contributed by atoms with van der Waals surface area (Å²) in [5.41, 5.74) is 7.30. The molecule has 0 bridgehead atoms. The predicted octanol–water partition coefficient (Wildman–Crippen LogP) is 1.17. The molecule has 0 radical (unpaired) electrons. The van der Waals surface area contributed by atoms with Crippen LogP contribution in [0.3, 0.4) is 0 Å². The second kappa shape index (κ2) is 3.31. The van der Waals surface area contributed by atoms with Gasteiger partial charge in [-0.1, -0.05) is 12.8 Å².